The molecule has 1 aromatic heterocycles. The van der Waals surface area contributed by atoms with Gasteiger partial charge in [0.25, 0.3) is 0 Å². The highest BCUT2D eigenvalue weighted by atomic mass is 15.2. The fraction of sp³-hybridized carbons (Fsp3) is 0.667. The third-order valence-electron chi connectivity index (χ3n) is 4.54. The number of aryl methyl sites for hydroxylation is 1. The molecule has 2 rings (SSSR count). The van der Waals surface area contributed by atoms with Crippen molar-refractivity contribution in [1.29, 1.82) is 0 Å². The average molecular weight is 247 g/mol. The summed E-state index contributed by atoms with van der Waals surface area (Å²) < 4.78 is 0. The number of nitrogens with zero attached hydrogens (tertiary/aromatic N) is 1. The lowest BCUT2D eigenvalue weighted by Crippen LogP contribution is -2.37. The molecule has 1 aliphatic carbocycles. The Labute approximate surface area is 110 Å². The lowest BCUT2D eigenvalue weighted by atomic mass is 9.72. The Bertz CT molecular complexity index is 391. The smallest absolute Gasteiger partial charge is 0.0660 e. The van der Waals surface area contributed by atoms with Gasteiger partial charge in [-0.15, -0.1) is 0 Å². The number of hydrogen-bond donors (Lipinski definition) is 2. The summed E-state index contributed by atoms with van der Waals surface area (Å²) in [7, 11) is 0. The van der Waals surface area contributed by atoms with Gasteiger partial charge in [0.2, 0.25) is 0 Å². The normalized spacial score (nSPS) is 30.1. The molecule has 0 aliphatic heterocycles. The van der Waals surface area contributed by atoms with Crippen molar-refractivity contribution in [2.45, 2.75) is 46.1 Å². The SMILES string of the molecule is Cc1ccnc(C(NN)C2CCC(C)C(C)C2)c1. The van der Waals surface area contributed by atoms with Gasteiger partial charge < -0.3 is 0 Å². The first-order valence-electron chi connectivity index (χ1n) is 7.00. The molecule has 4 atom stereocenters. The molecule has 0 radical (unpaired) electrons. The maximum Gasteiger partial charge on any atom is 0.0660 e. The minimum atomic E-state index is 0.194. The van der Waals surface area contributed by atoms with E-state index in [1.165, 1.54) is 24.8 Å². The molecule has 1 aliphatic rings. The van der Waals surface area contributed by atoms with E-state index in [2.05, 4.69) is 37.2 Å². The summed E-state index contributed by atoms with van der Waals surface area (Å²) in [6.07, 6.45) is 5.67. The van der Waals surface area contributed by atoms with Gasteiger partial charge in [0, 0.05) is 6.20 Å². The molecule has 18 heavy (non-hydrogen) atoms. The summed E-state index contributed by atoms with van der Waals surface area (Å²) >= 11 is 0. The van der Waals surface area contributed by atoms with Gasteiger partial charge in [-0.25, -0.2) is 0 Å². The third-order valence-corrected chi connectivity index (χ3v) is 4.54. The minimum absolute atomic E-state index is 0.194. The van der Waals surface area contributed by atoms with E-state index in [0.29, 0.717) is 5.92 Å². The molecular formula is C15H25N3. The van der Waals surface area contributed by atoms with E-state index in [-0.39, 0.29) is 6.04 Å². The van der Waals surface area contributed by atoms with Crippen LogP contribution in [0.25, 0.3) is 0 Å². The van der Waals surface area contributed by atoms with Crippen LogP contribution in [0.15, 0.2) is 18.3 Å². The lowest BCUT2D eigenvalue weighted by molar-refractivity contribution is 0.169. The fourth-order valence-corrected chi connectivity index (χ4v) is 3.08. The Morgan fingerprint density at radius 3 is 2.72 bits per heavy atom. The zero-order valence-electron chi connectivity index (χ0n) is 11.7. The van der Waals surface area contributed by atoms with E-state index >= 15 is 0 Å². The number of rotatable bonds is 3. The second-order valence-corrected chi connectivity index (χ2v) is 5.93. The predicted octanol–water partition coefficient (Wildman–Crippen LogP) is 2.97. The number of nitrogens with one attached hydrogen (secondary N) is 1. The first kappa shape index (κ1) is 13.5. The van der Waals surface area contributed by atoms with Crippen LogP contribution in [0.1, 0.15) is 50.4 Å². The maximum atomic E-state index is 5.78. The number of hydrogen-bond acceptors (Lipinski definition) is 3. The second-order valence-electron chi connectivity index (χ2n) is 5.93. The number of aromatic nitrogens is 1. The average Bonchev–Trinajstić information content (AvgIpc) is 2.35. The van der Waals surface area contributed by atoms with Crippen molar-refractivity contribution < 1.29 is 0 Å². The van der Waals surface area contributed by atoms with Crippen LogP contribution in [0.2, 0.25) is 0 Å². The zero-order chi connectivity index (χ0) is 13.1. The molecule has 1 heterocycles. The summed E-state index contributed by atoms with van der Waals surface area (Å²) in [5.41, 5.74) is 5.32. The van der Waals surface area contributed by atoms with Crippen LogP contribution in [0.3, 0.4) is 0 Å². The largest absolute Gasteiger partial charge is 0.271 e. The molecule has 0 amide bonds. The molecule has 3 heteroatoms. The Kier molecular flexibility index (Phi) is 4.36. The summed E-state index contributed by atoms with van der Waals surface area (Å²) in [4.78, 5) is 4.49. The van der Waals surface area contributed by atoms with Crippen molar-refractivity contribution in [2.75, 3.05) is 0 Å². The molecule has 3 N–H and O–H groups in total. The van der Waals surface area contributed by atoms with Crippen molar-refractivity contribution in [1.82, 2.24) is 10.4 Å². The molecule has 0 saturated heterocycles. The van der Waals surface area contributed by atoms with Crippen LogP contribution in [-0.2, 0) is 0 Å². The molecule has 1 aromatic rings. The van der Waals surface area contributed by atoms with Crippen LogP contribution in [0, 0.1) is 24.7 Å². The van der Waals surface area contributed by atoms with E-state index in [1.54, 1.807) is 0 Å². The molecule has 0 bridgehead atoms. The van der Waals surface area contributed by atoms with Gasteiger partial charge in [0.05, 0.1) is 11.7 Å². The Morgan fingerprint density at radius 1 is 1.33 bits per heavy atom. The molecule has 1 fully saturated rings. The first-order chi connectivity index (χ1) is 8.61. The second kappa shape index (κ2) is 5.81. The molecule has 3 nitrogen and oxygen atoms in total. The fourth-order valence-electron chi connectivity index (χ4n) is 3.08. The lowest BCUT2D eigenvalue weighted by Gasteiger charge is -2.36. The maximum absolute atomic E-state index is 5.78. The van der Waals surface area contributed by atoms with Gasteiger partial charge in [-0.1, -0.05) is 20.3 Å². The minimum Gasteiger partial charge on any atom is -0.271 e. The standard InChI is InChI=1S/C15H25N3/c1-10-6-7-17-14(8-10)15(18-16)13-5-4-11(2)12(3)9-13/h6-8,11-13,15,18H,4-5,9,16H2,1-3H3. The van der Waals surface area contributed by atoms with Crippen molar-refractivity contribution in [3.05, 3.63) is 29.6 Å². The van der Waals surface area contributed by atoms with E-state index in [4.69, 9.17) is 5.84 Å². The van der Waals surface area contributed by atoms with E-state index < -0.39 is 0 Å². The van der Waals surface area contributed by atoms with E-state index in [9.17, 15) is 0 Å². The summed E-state index contributed by atoms with van der Waals surface area (Å²) in [6, 6.07) is 4.37. The molecule has 0 spiro atoms. The molecule has 1 saturated carbocycles. The number of nitrogens with two attached hydrogens (primary N) is 1. The van der Waals surface area contributed by atoms with Crippen LogP contribution in [0.5, 0.6) is 0 Å². The Hall–Kier alpha value is -0.930. The Morgan fingerprint density at radius 2 is 2.11 bits per heavy atom. The van der Waals surface area contributed by atoms with E-state index in [0.717, 1.165) is 17.5 Å². The van der Waals surface area contributed by atoms with Crippen LogP contribution >= 0.6 is 0 Å². The highest BCUT2D eigenvalue weighted by Gasteiger charge is 2.31. The molecule has 4 unspecified atom stereocenters. The summed E-state index contributed by atoms with van der Waals surface area (Å²) in [5, 5.41) is 0. The van der Waals surface area contributed by atoms with Crippen LogP contribution < -0.4 is 11.3 Å². The third kappa shape index (κ3) is 2.90. The quantitative estimate of drug-likeness (QED) is 0.638. The van der Waals surface area contributed by atoms with E-state index in [1.807, 2.05) is 12.3 Å². The van der Waals surface area contributed by atoms with Gasteiger partial charge >= 0.3 is 0 Å². The van der Waals surface area contributed by atoms with Crippen LogP contribution in [0.4, 0.5) is 0 Å². The van der Waals surface area contributed by atoms with Crippen molar-refractivity contribution in [2.24, 2.45) is 23.6 Å². The van der Waals surface area contributed by atoms with Gasteiger partial charge in [-0.05, 0) is 55.2 Å². The number of pyridine rings is 1. The monoisotopic (exact) mass is 247 g/mol. The zero-order valence-corrected chi connectivity index (χ0v) is 11.7. The van der Waals surface area contributed by atoms with Crippen molar-refractivity contribution >= 4 is 0 Å². The van der Waals surface area contributed by atoms with Crippen molar-refractivity contribution in [3.8, 4) is 0 Å². The highest BCUT2D eigenvalue weighted by Crippen LogP contribution is 2.39. The topological polar surface area (TPSA) is 50.9 Å². The van der Waals surface area contributed by atoms with Crippen molar-refractivity contribution in [3.63, 3.8) is 0 Å². The van der Waals surface area contributed by atoms with Gasteiger partial charge in [-0.3, -0.25) is 16.3 Å². The van der Waals surface area contributed by atoms with Gasteiger partial charge in [0.1, 0.15) is 0 Å². The molecule has 100 valence electrons. The van der Waals surface area contributed by atoms with Gasteiger partial charge in [-0.2, -0.15) is 0 Å². The van der Waals surface area contributed by atoms with Gasteiger partial charge in [0.15, 0.2) is 0 Å². The highest BCUT2D eigenvalue weighted by molar-refractivity contribution is 5.18. The number of hydrazine groups is 1. The van der Waals surface area contributed by atoms with Crippen LogP contribution in [-0.4, -0.2) is 4.98 Å². The molecular weight excluding hydrogens is 222 g/mol. The predicted molar refractivity (Wildman–Crippen MR) is 74.7 cm³/mol. The first-order valence-corrected chi connectivity index (χ1v) is 7.00. The summed E-state index contributed by atoms with van der Waals surface area (Å²) in [6.45, 7) is 6.81. The molecule has 0 aromatic carbocycles. The summed E-state index contributed by atoms with van der Waals surface area (Å²) in [5.74, 6) is 8.00. The Balaban J connectivity index is 2.14.